The van der Waals surface area contributed by atoms with Gasteiger partial charge in [-0.3, -0.25) is 0 Å². The van der Waals surface area contributed by atoms with Crippen molar-refractivity contribution in [3.05, 3.63) is 172 Å². The predicted octanol–water partition coefficient (Wildman–Crippen LogP) is 17.5. The van der Waals surface area contributed by atoms with Gasteiger partial charge in [0, 0.05) is 45.2 Å². The lowest BCUT2D eigenvalue weighted by molar-refractivity contribution is 0.332. The van der Waals surface area contributed by atoms with Crippen LogP contribution in [0.5, 0.6) is 0 Å². The van der Waals surface area contributed by atoms with Crippen molar-refractivity contribution in [2.75, 3.05) is 14.7 Å². The van der Waals surface area contributed by atoms with E-state index in [1.807, 2.05) is 0 Å². The van der Waals surface area contributed by atoms with Crippen LogP contribution in [0.15, 0.2) is 137 Å². The molecule has 0 amide bonds. The lowest BCUT2D eigenvalue weighted by Gasteiger charge is -2.47. The molecule has 12 rings (SSSR count). The topological polar surface area (TPSA) is 22.9 Å². The van der Waals surface area contributed by atoms with Crippen LogP contribution in [0.4, 0.5) is 45.5 Å². The second-order valence-corrected chi connectivity index (χ2v) is 28.1. The fourth-order valence-corrected chi connectivity index (χ4v) is 13.8. The second kappa shape index (κ2) is 16.7. The van der Waals surface area contributed by atoms with Gasteiger partial charge in [0.25, 0.3) is 6.71 Å². The van der Waals surface area contributed by atoms with Crippen LogP contribution in [0.3, 0.4) is 0 Å². The zero-order valence-electron chi connectivity index (χ0n) is 48.1. The molecule has 5 aliphatic rings. The lowest BCUT2D eigenvalue weighted by atomic mass is 9.35. The minimum Gasteiger partial charge on any atom is -0.468 e. The van der Waals surface area contributed by atoms with E-state index in [4.69, 9.17) is 4.42 Å². The Morgan fingerprint density at radius 2 is 1.15 bits per heavy atom. The summed E-state index contributed by atoms with van der Waals surface area (Å²) in [6, 6.07) is 43.5. The molecule has 1 aromatic heterocycles. The van der Waals surface area contributed by atoms with Gasteiger partial charge >= 0.3 is 0 Å². The molecule has 6 aromatic carbocycles. The van der Waals surface area contributed by atoms with Crippen molar-refractivity contribution in [1.82, 2.24) is 0 Å². The Bertz CT molecular complexity index is 3540. The first-order chi connectivity index (χ1) is 35.2. The Morgan fingerprint density at radius 3 is 1.76 bits per heavy atom. The van der Waals surface area contributed by atoms with Crippen molar-refractivity contribution in [1.29, 1.82) is 0 Å². The van der Waals surface area contributed by atoms with E-state index in [2.05, 4.69) is 253 Å². The van der Waals surface area contributed by atoms with Crippen LogP contribution in [-0.4, -0.2) is 12.8 Å². The fraction of sp³-hybridized carbons (Fsp3) is 0.400. The van der Waals surface area contributed by atoms with Crippen molar-refractivity contribution >= 4 is 79.8 Å². The Hall–Kier alpha value is -6.20. The molecule has 1 atom stereocenters. The molecule has 384 valence electrons. The third-order valence-electron chi connectivity index (χ3n) is 18.8. The van der Waals surface area contributed by atoms with Crippen molar-refractivity contribution in [3.63, 3.8) is 0 Å². The molecule has 5 heteroatoms. The van der Waals surface area contributed by atoms with Gasteiger partial charge in [-0.2, -0.15) is 0 Å². The molecule has 1 unspecified atom stereocenters. The zero-order chi connectivity index (χ0) is 53.1. The van der Waals surface area contributed by atoms with Crippen molar-refractivity contribution in [3.8, 4) is 0 Å². The summed E-state index contributed by atoms with van der Waals surface area (Å²) in [5.74, 6) is 0. The molecule has 0 saturated heterocycles. The van der Waals surface area contributed by atoms with Crippen LogP contribution in [0.25, 0.3) is 11.0 Å². The summed E-state index contributed by atoms with van der Waals surface area (Å²) < 4.78 is 7.58. The van der Waals surface area contributed by atoms with Crippen molar-refractivity contribution < 1.29 is 4.42 Å². The van der Waals surface area contributed by atoms with E-state index < -0.39 is 0 Å². The second-order valence-electron chi connectivity index (χ2n) is 28.1. The van der Waals surface area contributed by atoms with E-state index in [0.717, 1.165) is 53.7 Å². The number of allylic oxidation sites excluding steroid dienone is 2. The Morgan fingerprint density at radius 1 is 0.573 bits per heavy atom. The standard InChI is InChI=1S/C70H80BN3O/c1-43-21-26-47(27-22-43)72(57-20-18-17-19-44(57)2)50-39-59-62-60(40-50)74(48-28-23-45(24-29-48)65(3,4)5)63-51-37-46(66(6,7)8)25-32-61(51)75-64(63)71(62)56-41-54-55(70(15,16)36-35-69(54,13)14)42-58(56)73(59)49-30-31-52-53(38-49)68(11,12)34-33-67(52,9)10/h17-26,28-32,37-42,47H,27,33-36H2,1-16H3. The monoisotopic (exact) mass is 990 g/mol. The highest BCUT2D eigenvalue weighted by atomic mass is 16.3. The van der Waals surface area contributed by atoms with Crippen LogP contribution in [0, 0.1) is 6.92 Å². The summed E-state index contributed by atoms with van der Waals surface area (Å²) >= 11 is 0. The van der Waals surface area contributed by atoms with Gasteiger partial charge in [-0.1, -0.05) is 169 Å². The van der Waals surface area contributed by atoms with Gasteiger partial charge in [0.15, 0.2) is 0 Å². The highest BCUT2D eigenvalue weighted by Gasteiger charge is 2.50. The number of hydrogen-bond donors (Lipinski definition) is 0. The van der Waals surface area contributed by atoms with Gasteiger partial charge in [0.05, 0.1) is 17.4 Å². The molecular formula is C70H80BN3O. The molecule has 0 spiro atoms. The van der Waals surface area contributed by atoms with Crippen LogP contribution in [-0.2, 0) is 32.5 Å². The number of benzene rings is 6. The van der Waals surface area contributed by atoms with E-state index in [1.54, 1.807) is 0 Å². The quantitative estimate of drug-likeness (QED) is 0.160. The first-order valence-corrected chi connectivity index (χ1v) is 28.2. The number of aryl methyl sites for hydroxylation is 1. The normalized spacial score (nSPS) is 19.7. The van der Waals surface area contributed by atoms with Gasteiger partial charge in [0.1, 0.15) is 5.58 Å². The minimum absolute atomic E-state index is 0.00127. The SMILES string of the molecule is CC1=CCC(N(c2cc3c4c(c2)N(c2ccc(C(C)(C)C)cc2)c2c(oc5ccc(C(C)(C)C)cc25)B4c2cc4c(cc2N3c2ccc3c(c2)C(C)(C)CCC3(C)C)C(C)(C)CCC4(C)C)c2ccccc2C)C=C1. The minimum atomic E-state index is -0.174. The number of hydrogen-bond acceptors (Lipinski definition) is 4. The zero-order valence-corrected chi connectivity index (χ0v) is 48.1. The van der Waals surface area contributed by atoms with Crippen LogP contribution in [0.2, 0.25) is 0 Å². The number of nitrogens with zero attached hydrogens (tertiary/aromatic N) is 3. The summed E-state index contributed by atoms with van der Waals surface area (Å²) in [6.45, 7) is 38.0. The molecule has 75 heavy (non-hydrogen) atoms. The Balaban J connectivity index is 1.25. The average Bonchev–Trinajstić information content (AvgIpc) is 3.79. The van der Waals surface area contributed by atoms with Gasteiger partial charge in [-0.15, -0.1) is 0 Å². The van der Waals surface area contributed by atoms with Crippen LogP contribution >= 0.6 is 0 Å². The molecular weight excluding hydrogens is 910 g/mol. The number of furan rings is 1. The smallest absolute Gasteiger partial charge is 0.297 e. The maximum absolute atomic E-state index is 7.58. The molecule has 0 saturated carbocycles. The molecule has 3 heterocycles. The summed E-state index contributed by atoms with van der Waals surface area (Å²) in [4.78, 5) is 7.95. The Kier molecular flexibility index (Phi) is 11.0. The molecule has 3 aliphatic carbocycles. The molecule has 0 fully saturated rings. The largest absolute Gasteiger partial charge is 0.468 e. The summed E-state index contributed by atoms with van der Waals surface area (Å²) in [5, 5.41) is 1.16. The third kappa shape index (κ3) is 7.90. The molecule has 0 radical (unpaired) electrons. The summed E-state index contributed by atoms with van der Waals surface area (Å²) in [7, 11) is 0. The molecule has 7 aromatic rings. The van der Waals surface area contributed by atoms with E-state index in [1.165, 1.54) is 96.0 Å². The van der Waals surface area contributed by atoms with Crippen LogP contribution in [0.1, 0.15) is 175 Å². The highest BCUT2D eigenvalue weighted by Crippen LogP contribution is 2.55. The average molecular weight is 990 g/mol. The van der Waals surface area contributed by atoms with Gasteiger partial charge in [-0.05, 0) is 189 Å². The fourth-order valence-electron chi connectivity index (χ4n) is 13.8. The van der Waals surface area contributed by atoms with Crippen LogP contribution < -0.4 is 31.3 Å². The first-order valence-electron chi connectivity index (χ1n) is 28.2. The van der Waals surface area contributed by atoms with Gasteiger partial charge in [0.2, 0.25) is 0 Å². The van der Waals surface area contributed by atoms with E-state index >= 15 is 0 Å². The molecule has 0 N–H and O–H groups in total. The van der Waals surface area contributed by atoms with E-state index in [-0.39, 0.29) is 45.2 Å². The number of fused-ring (bicyclic) bond motifs is 8. The number of rotatable bonds is 5. The summed E-state index contributed by atoms with van der Waals surface area (Å²) in [5.41, 5.74) is 25.2. The third-order valence-corrected chi connectivity index (χ3v) is 18.8. The lowest BCUT2D eigenvalue weighted by Crippen LogP contribution is -2.61. The number of anilines is 8. The van der Waals surface area contributed by atoms with Crippen molar-refractivity contribution in [2.24, 2.45) is 0 Å². The van der Waals surface area contributed by atoms with E-state index in [9.17, 15) is 0 Å². The first kappa shape index (κ1) is 49.7. The molecule has 4 nitrogen and oxygen atoms in total. The maximum atomic E-state index is 7.58. The van der Waals surface area contributed by atoms with Gasteiger partial charge < -0.3 is 19.1 Å². The van der Waals surface area contributed by atoms with Gasteiger partial charge in [-0.25, -0.2) is 0 Å². The molecule has 2 aliphatic heterocycles. The predicted molar refractivity (Wildman–Crippen MR) is 323 cm³/mol. The van der Waals surface area contributed by atoms with Crippen molar-refractivity contribution in [2.45, 2.75) is 181 Å². The number of para-hydroxylation sites is 1. The van der Waals surface area contributed by atoms with E-state index in [0.29, 0.717) is 0 Å². The highest BCUT2D eigenvalue weighted by molar-refractivity contribution is 7.00. The maximum Gasteiger partial charge on any atom is 0.297 e. The molecule has 0 bridgehead atoms. The Labute approximate surface area is 450 Å². The summed E-state index contributed by atoms with van der Waals surface area (Å²) in [6.07, 6.45) is 12.7.